The number of fused-ring (bicyclic) bond motifs is 1. The molecule has 0 bridgehead atoms. The quantitative estimate of drug-likeness (QED) is 0.827. The molecule has 0 unspecified atom stereocenters. The first-order chi connectivity index (χ1) is 8.65. The number of thioether (sulfide) groups is 1. The molecule has 2 nitrogen and oxygen atoms in total. The van der Waals surface area contributed by atoms with E-state index in [1.54, 1.807) is 11.8 Å². The van der Waals surface area contributed by atoms with E-state index in [0.29, 0.717) is 11.7 Å². The van der Waals surface area contributed by atoms with Crippen molar-refractivity contribution in [3.05, 3.63) is 29.3 Å². The highest BCUT2D eigenvalue weighted by atomic mass is 32.2. The molecule has 3 heteroatoms. The van der Waals surface area contributed by atoms with E-state index in [1.807, 2.05) is 0 Å². The third kappa shape index (κ3) is 3.77. The van der Waals surface area contributed by atoms with Gasteiger partial charge in [-0.05, 0) is 48.4 Å². The molecule has 1 aliphatic carbocycles. The Bertz CT molecular complexity index is 429. The SMILES string of the molecule is CC(C)CNC(=O)CSc1ccc2c(c1)CCC2. The number of hydrogen-bond donors (Lipinski definition) is 1. The third-order valence-electron chi connectivity index (χ3n) is 3.15. The van der Waals surface area contributed by atoms with Crippen LogP contribution in [0.4, 0.5) is 0 Å². The fourth-order valence-corrected chi connectivity index (χ4v) is 2.95. The lowest BCUT2D eigenvalue weighted by Crippen LogP contribution is -2.28. The molecule has 98 valence electrons. The average Bonchev–Trinajstić information content (AvgIpc) is 2.81. The molecular weight excluding hydrogens is 242 g/mol. The molecule has 1 aromatic carbocycles. The van der Waals surface area contributed by atoms with Gasteiger partial charge in [-0.3, -0.25) is 4.79 Å². The van der Waals surface area contributed by atoms with E-state index in [-0.39, 0.29) is 5.91 Å². The van der Waals surface area contributed by atoms with Gasteiger partial charge in [0.1, 0.15) is 0 Å². The molecule has 0 spiro atoms. The van der Waals surface area contributed by atoms with Crippen LogP contribution in [0.25, 0.3) is 0 Å². The van der Waals surface area contributed by atoms with E-state index in [0.717, 1.165) is 6.54 Å². The van der Waals surface area contributed by atoms with Gasteiger partial charge < -0.3 is 5.32 Å². The monoisotopic (exact) mass is 263 g/mol. The summed E-state index contributed by atoms with van der Waals surface area (Å²) in [7, 11) is 0. The van der Waals surface area contributed by atoms with Gasteiger partial charge in [-0.1, -0.05) is 19.9 Å². The zero-order chi connectivity index (χ0) is 13.0. The van der Waals surface area contributed by atoms with Crippen molar-refractivity contribution in [2.45, 2.75) is 38.0 Å². The number of amides is 1. The lowest BCUT2D eigenvalue weighted by Gasteiger charge is -2.08. The fraction of sp³-hybridized carbons (Fsp3) is 0.533. The molecule has 1 aromatic rings. The Labute approximate surface area is 114 Å². The Morgan fingerprint density at radius 3 is 2.89 bits per heavy atom. The predicted molar refractivity (Wildman–Crippen MR) is 77.0 cm³/mol. The van der Waals surface area contributed by atoms with Crippen LogP contribution in [0.1, 0.15) is 31.4 Å². The molecule has 0 saturated heterocycles. The van der Waals surface area contributed by atoms with Crippen LogP contribution in [0.5, 0.6) is 0 Å². The third-order valence-corrected chi connectivity index (χ3v) is 4.14. The van der Waals surface area contributed by atoms with Crippen molar-refractivity contribution in [1.29, 1.82) is 0 Å². The first kappa shape index (κ1) is 13.5. The van der Waals surface area contributed by atoms with Gasteiger partial charge >= 0.3 is 0 Å². The Morgan fingerprint density at radius 1 is 1.33 bits per heavy atom. The number of rotatable bonds is 5. The molecular formula is C15H21NOS. The van der Waals surface area contributed by atoms with E-state index in [2.05, 4.69) is 37.4 Å². The van der Waals surface area contributed by atoms with Crippen molar-refractivity contribution in [1.82, 2.24) is 5.32 Å². The molecule has 0 heterocycles. The molecule has 0 aromatic heterocycles. The van der Waals surface area contributed by atoms with Gasteiger partial charge in [-0.15, -0.1) is 11.8 Å². The van der Waals surface area contributed by atoms with Gasteiger partial charge in [0, 0.05) is 11.4 Å². The molecule has 0 fully saturated rings. The van der Waals surface area contributed by atoms with Crippen molar-refractivity contribution in [2.75, 3.05) is 12.3 Å². The maximum absolute atomic E-state index is 11.6. The van der Waals surface area contributed by atoms with E-state index in [1.165, 1.54) is 35.3 Å². The van der Waals surface area contributed by atoms with Crippen LogP contribution in [-0.2, 0) is 17.6 Å². The van der Waals surface area contributed by atoms with Gasteiger partial charge in [0.2, 0.25) is 5.91 Å². The van der Waals surface area contributed by atoms with Crippen molar-refractivity contribution >= 4 is 17.7 Å². The first-order valence-electron chi connectivity index (χ1n) is 6.66. The highest BCUT2D eigenvalue weighted by molar-refractivity contribution is 8.00. The Hall–Kier alpha value is -0.960. The number of hydrogen-bond acceptors (Lipinski definition) is 2. The van der Waals surface area contributed by atoms with Gasteiger partial charge in [-0.25, -0.2) is 0 Å². The van der Waals surface area contributed by atoms with Crippen LogP contribution < -0.4 is 5.32 Å². The van der Waals surface area contributed by atoms with Gasteiger partial charge in [0.25, 0.3) is 0 Å². The van der Waals surface area contributed by atoms with E-state index in [4.69, 9.17) is 0 Å². The second kappa shape index (κ2) is 6.28. The first-order valence-corrected chi connectivity index (χ1v) is 7.65. The van der Waals surface area contributed by atoms with Gasteiger partial charge in [-0.2, -0.15) is 0 Å². The van der Waals surface area contributed by atoms with Crippen molar-refractivity contribution in [3.63, 3.8) is 0 Å². The van der Waals surface area contributed by atoms with Crippen molar-refractivity contribution < 1.29 is 4.79 Å². The minimum Gasteiger partial charge on any atom is -0.355 e. The molecule has 0 radical (unpaired) electrons. The lowest BCUT2D eigenvalue weighted by molar-refractivity contribution is -0.118. The van der Waals surface area contributed by atoms with Gasteiger partial charge in [0.15, 0.2) is 0 Å². The second-order valence-corrected chi connectivity index (χ2v) is 6.32. The maximum Gasteiger partial charge on any atom is 0.230 e. The number of nitrogens with one attached hydrogen (secondary N) is 1. The molecule has 1 aliphatic rings. The van der Waals surface area contributed by atoms with E-state index >= 15 is 0 Å². The Balaban J connectivity index is 1.81. The minimum atomic E-state index is 0.134. The van der Waals surface area contributed by atoms with E-state index < -0.39 is 0 Å². The topological polar surface area (TPSA) is 29.1 Å². The summed E-state index contributed by atoms with van der Waals surface area (Å²) < 4.78 is 0. The largest absolute Gasteiger partial charge is 0.355 e. The zero-order valence-electron chi connectivity index (χ0n) is 11.2. The molecule has 0 saturated carbocycles. The van der Waals surface area contributed by atoms with Crippen LogP contribution in [0.2, 0.25) is 0 Å². The van der Waals surface area contributed by atoms with Gasteiger partial charge in [0.05, 0.1) is 5.75 Å². The molecule has 18 heavy (non-hydrogen) atoms. The van der Waals surface area contributed by atoms with Crippen LogP contribution in [0, 0.1) is 5.92 Å². The fourth-order valence-electron chi connectivity index (χ4n) is 2.16. The molecule has 2 rings (SSSR count). The summed E-state index contributed by atoms with van der Waals surface area (Å²) in [6.07, 6.45) is 3.69. The van der Waals surface area contributed by atoms with Crippen molar-refractivity contribution in [3.8, 4) is 0 Å². The van der Waals surface area contributed by atoms with Crippen LogP contribution in [-0.4, -0.2) is 18.2 Å². The van der Waals surface area contributed by atoms with Crippen LogP contribution in [0.15, 0.2) is 23.1 Å². The lowest BCUT2D eigenvalue weighted by atomic mass is 10.1. The van der Waals surface area contributed by atoms with Crippen molar-refractivity contribution in [2.24, 2.45) is 5.92 Å². The van der Waals surface area contributed by atoms with E-state index in [9.17, 15) is 4.79 Å². The maximum atomic E-state index is 11.6. The normalized spacial score (nSPS) is 13.7. The smallest absolute Gasteiger partial charge is 0.230 e. The summed E-state index contributed by atoms with van der Waals surface area (Å²) in [4.78, 5) is 12.8. The highest BCUT2D eigenvalue weighted by Crippen LogP contribution is 2.27. The summed E-state index contributed by atoms with van der Waals surface area (Å²) >= 11 is 1.63. The summed E-state index contributed by atoms with van der Waals surface area (Å²) in [5.74, 6) is 1.17. The standard InChI is InChI=1S/C15H21NOS/c1-11(2)9-16-15(17)10-18-14-7-6-12-4-3-5-13(12)8-14/h6-8,11H,3-5,9-10H2,1-2H3,(H,16,17). The number of benzene rings is 1. The molecule has 1 N–H and O–H groups in total. The van der Waals surface area contributed by atoms with Crippen LogP contribution in [0.3, 0.4) is 0 Å². The molecule has 0 aliphatic heterocycles. The Morgan fingerprint density at radius 2 is 2.11 bits per heavy atom. The number of carbonyl (C=O) groups is 1. The highest BCUT2D eigenvalue weighted by Gasteiger charge is 2.11. The minimum absolute atomic E-state index is 0.134. The average molecular weight is 263 g/mol. The number of carbonyl (C=O) groups excluding carboxylic acids is 1. The summed E-state index contributed by atoms with van der Waals surface area (Å²) in [5, 5.41) is 2.94. The Kier molecular flexibility index (Phi) is 4.70. The zero-order valence-corrected chi connectivity index (χ0v) is 12.0. The summed E-state index contributed by atoms with van der Waals surface area (Å²) in [6.45, 7) is 4.98. The number of aryl methyl sites for hydroxylation is 2. The molecule has 1 amide bonds. The van der Waals surface area contributed by atoms with Crippen LogP contribution >= 0.6 is 11.8 Å². The molecule has 0 atom stereocenters. The summed E-state index contributed by atoms with van der Waals surface area (Å²) in [6, 6.07) is 6.62. The predicted octanol–water partition coefficient (Wildman–Crippen LogP) is 3.04. The summed E-state index contributed by atoms with van der Waals surface area (Å²) in [5.41, 5.74) is 2.96. The second-order valence-electron chi connectivity index (χ2n) is 5.27.